The summed E-state index contributed by atoms with van der Waals surface area (Å²) in [6.07, 6.45) is 1.68. The number of aromatic nitrogens is 8. The Balaban J connectivity index is 1.89. The Hall–Kier alpha value is -3.82. The zero-order valence-corrected chi connectivity index (χ0v) is 15.5. The van der Waals surface area contributed by atoms with Gasteiger partial charge in [0.2, 0.25) is 11.6 Å². The number of methoxy groups -OCH3 is 1. The Morgan fingerprint density at radius 2 is 2.07 bits per heavy atom. The number of rotatable bonds is 4. The van der Waals surface area contributed by atoms with E-state index in [2.05, 4.69) is 25.4 Å². The molecule has 0 N–H and O–H groups in total. The van der Waals surface area contributed by atoms with Gasteiger partial charge in [-0.25, -0.2) is 4.98 Å². The molecule has 28 heavy (non-hydrogen) atoms. The molecule has 0 bridgehead atoms. The lowest BCUT2D eigenvalue weighted by molar-refractivity contribution is 0.399. The molecule has 0 fully saturated rings. The van der Waals surface area contributed by atoms with Crippen LogP contribution in [0.4, 0.5) is 0 Å². The highest BCUT2D eigenvalue weighted by molar-refractivity contribution is 6.04. The van der Waals surface area contributed by atoms with Crippen LogP contribution in [-0.2, 0) is 6.54 Å². The number of hydrogen-bond donors (Lipinski definition) is 0. The van der Waals surface area contributed by atoms with Crippen molar-refractivity contribution in [2.45, 2.75) is 20.4 Å². The minimum absolute atomic E-state index is 0.479. The summed E-state index contributed by atoms with van der Waals surface area (Å²) >= 11 is 0. The summed E-state index contributed by atoms with van der Waals surface area (Å²) < 4.78 is 14.2. The van der Waals surface area contributed by atoms with E-state index in [1.165, 1.54) is 0 Å². The van der Waals surface area contributed by atoms with Gasteiger partial charge in [-0.15, -0.1) is 15.3 Å². The molecule has 1 aromatic carbocycles. The van der Waals surface area contributed by atoms with Crippen LogP contribution in [0.1, 0.15) is 12.7 Å². The third-order valence-electron chi connectivity index (χ3n) is 4.49. The van der Waals surface area contributed by atoms with E-state index in [1.807, 2.05) is 32.0 Å². The SMILES string of the molecule is CCn1cnc(-c2nn3c(-c4cc(C)on4)nnc3c3cccc(OC)c23)n1. The van der Waals surface area contributed by atoms with Gasteiger partial charge in [0.1, 0.15) is 23.5 Å². The number of hydrogen-bond acceptors (Lipinski definition) is 8. The molecule has 10 heteroatoms. The van der Waals surface area contributed by atoms with E-state index in [0.717, 1.165) is 10.8 Å². The number of benzene rings is 1. The van der Waals surface area contributed by atoms with Gasteiger partial charge in [0.05, 0.1) is 12.5 Å². The van der Waals surface area contributed by atoms with Crippen LogP contribution >= 0.6 is 0 Å². The topological polar surface area (TPSA) is 109 Å². The Morgan fingerprint density at radius 1 is 1.18 bits per heavy atom. The lowest BCUT2D eigenvalue weighted by atomic mass is 10.1. The van der Waals surface area contributed by atoms with E-state index in [9.17, 15) is 0 Å². The Kier molecular flexibility index (Phi) is 3.57. The molecule has 5 rings (SSSR count). The molecule has 0 spiro atoms. The van der Waals surface area contributed by atoms with Crippen LogP contribution in [0.2, 0.25) is 0 Å². The summed E-state index contributed by atoms with van der Waals surface area (Å²) in [5.74, 6) is 2.32. The van der Waals surface area contributed by atoms with Crippen LogP contribution in [0.5, 0.6) is 5.75 Å². The number of ether oxygens (including phenoxy) is 1. The van der Waals surface area contributed by atoms with Gasteiger partial charge in [-0.1, -0.05) is 17.3 Å². The normalized spacial score (nSPS) is 11.5. The smallest absolute Gasteiger partial charge is 0.207 e. The van der Waals surface area contributed by atoms with Crippen molar-refractivity contribution in [2.75, 3.05) is 7.11 Å². The lowest BCUT2D eigenvalue weighted by Crippen LogP contribution is -2.02. The van der Waals surface area contributed by atoms with E-state index < -0.39 is 0 Å². The van der Waals surface area contributed by atoms with Crippen molar-refractivity contribution in [2.24, 2.45) is 0 Å². The molecule has 0 aliphatic carbocycles. The highest BCUT2D eigenvalue weighted by atomic mass is 16.5. The van der Waals surface area contributed by atoms with E-state index in [1.54, 1.807) is 28.7 Å². The molecular formula is C18H16N8O2. The van der Waals surface area contributed by atoms with Gasteiger partial charge in [0, 0.05) is 18.0 Å². The first-order valence-corrected chi connectivity index (χ1v) is 8.75. The van der Waals surface area contributed by atoms with Gasteiger partial charge in [-0.05, 0) is 19.9 Å². The maximum Gasteiger partial charge on any atom is 0.207 e. The van der Waals surface area contributed by atoms with Gasteiger partial charge >= 0.3 is 0 Å². The quantitative estimate of drug-likeness (QED) is 0.471. The highest BCUT2D eigenvalue weighted by Gasteiger charge is 2.22. The van der Waals surface area contributed by atoms with Crippen molar-refractivity contribution in [3.63, 3.8) is 0 Å². The minimum Gasteiger partial charge on any atom is -0.496 e. The molecule has 0 aliphatic heterocycles. The molecule has 0 unspecified atom stereocenters. The zero-order chi connectivity index (χ0) is 19.3. The van der Waals surface area contributed by atoms with Crippen molar-refractivity contribution in [1.82, 2.24) is 39.7 Å². The van der Waals surface area contributed by atoms with Crippen LogP contribution < -0.4 is 4.74 Å². The third kappa shape index (κ3) is 2.34. The highest BCUT2D eigenvalue weighted by Crippen LogP contribution is 2.35. The van der Waals surface area contributed by atoms with Crippen molar-refractivity contribution in [3.05, 3.63) is 36.4 Å². The molecule has 0 amide bonds. The molecule has 10 nitrogen and oxygen atoms in total. The minimum atomic E-state index is 0.479. The average Bonchev–Trinajstić information content (AvgIpc) is 3.45. The summed E-state index contributed by atoms with van der Waals surface area (Å²) in [4.78, 5) is 4.43. The second kappa shape index (κ2) is 6.12. The molecular weight excluding hydrogens is 360 g/mol. The van der Waals surface area contributed by atoms with Crippen molar-refractivity contribution in [1.29, 1.82) is 0 Å². The fourth-order valence-corrected chi connectivity index (χ4v) is 3.17. The molecule has 0 atom stereocenters. The van der Waals surface area contributed by atoms with Crippen molar-refractivity contribution < 1.29 is 9.26 Å². The van der Waals surface area contributed by atoms with Crippen LogP contribution in [-0.4, -0.2) is 46.8 Å². The van der Waals surface area contributed by atoms with E-state index in [-0.39, 0.29) is 0 Å². The van der Waals surface area contributed by atoms with E-state index in [4.69, 9.17) is 14.4 Å². The van der Waals surface area contributed by atoms with Crippen LogP contribution in [0, 0.1) is 6.92 Å². The first-order chi connectivity index (χ1) is 13.7. The standard InChI is InChI=1S/C18H16N8O2/c1-4-25-9-19-16(23-25)15-14-11(6-5-7-13(14)27-3)17-20-21-18(26(17)22-15)12-8-10(2)28-24-12/h5-9H,4H2,1-3H3. The van der Waals surface area contributed by atoms with Crippen LogP contribution in [0.15, 0.2) is 35.1 Å². The zero-order valence-electron chi connectivity index (χ0n) is 15.5. The lowest BCUT2D eigenvalue weighted by Gasteiger charge is -2.09. The van der Waals surface area contributed by atoms with E-state index >= 15 is 0 Å². The Labute approximate surface area is 158 Å². The Morgan fingerprint density at radius 3 is 2.79 bits per heavy atom. The summed E-state index contributed by atoms with van der Waals surface area (Å²) in [6, 6.07) is 7.51. The van der Waals surface area contributed by atoms with Gasteiger partial charge in [0.15, 0.2) is 11.3 Å². The first-order valence-electron chi connectivity index (χ1n) is 8.75. The summed E-state index contributed by atoms with van der Waals surface area (Å²) in [6.45, 7) is 4.53. The summed E-state index contributed by atoms with van der Waals surface area (Å²) in [5.41, 5.74) is 1.72. The maximum atomic E-state index is 5.58. The predicted octanol–water partition coefficient (Wildman–Crippen LogP) is 2.53. The van der Waals surface area contributed by atoms with Gasteiger partial charge in [0.25, 0.3) is 0 Å². The second-order valence-corrected chi connectivity index (χ2v) is 6.24. The molecule has 0 radical (unpaired) electrons. The number of nitrogens with zero attached hydrogens (tertiary/aromatic N) is 8. The number of aryl methyl sites for hydroxylation is 2. The molecule has 4 aromatic heterocycles. The summed E-state index contributed by atoms with van der Waals surface area (Å²) in [7, 11) is 1.62. The monoisotopic (exact) mass is 376 g/mol. The molecule has 0 aliphatic rings. The predicted molar refractivity (Wildman–Crippen MR) is 99.8 cm³/mol. The average molecular weight is 376 g/mol. The van der Waals surface area contributed by atoms with Crippen molar-refractivity contribution in [3.8, 4) is 28.8 Å². The van der Waals surface area contributed by atoms with Crippen LogP contribution in [0.25, 0.3) is 39.5 Å². The first kappa shape index (κ1) is 16.4. The molecule has 4 heterocycles. The van der Waals surface area contributed by atoms with Gasteiger partial charge < -0.3 is 9.26 Å². The van der Waals surface area contributed by atoms with E-state index in [0.29, 0.717) is 46.7 Å². The fourth-order valence-electron chi connectivity index (χ4n) is 3.17. The molecule has 140 valence electrons. The molecule has 0 saturated heterocycles. The third-order valence-corrected chi connectivity index (χ3v) is 4.49. The fraction of sp³-hybridized carbons (Fsp3) is 0.222. The van der Waals surface area contributed by atoms with Gasteiger partial charge in [-0.2, -0.15) is 9.61 Å². The van der Waals surface area contributed by atoms with Gasteiger partial charge in [-0.3, -0.25) is 4.68 Å². The van der Waals surface area contributed by atoms with Crippen molar-refractivity contribution >= 4 is 16.4 Å². The maximum absolute atomic E-state index is 5.58. The molecule has 0 saturated carbocycles. The van der Waals surface area contributed by atoms with Crippen LogP contribution in [0.3, 0.4) is 0 Å². The second-order valence-electron chi connectivity index (χ2n) is 6.24. The Bertz CT molecular complexity index is 1320. The molecule has 5 aromatic rings. The number of fused-ring (bicyclic) bond motifs is 3. The largest absolute Gasteiger partial charge is 0.496 e. The summed E-state index contributed by atoms with van der Waals surface area (Å²) in [5, 5.41) is 23.6.